The summed E-state index contributed by atoms with van der Waals surface area (Å²) in [5.74, 6) is 1.51. The van der Waals surface area contributed by atoms with Crippen LogP contribution in [0.2, 0.25) is 0 Å². The van der Waals surface area contributed by atoms with Crippen LogP contribution in [0.1, 0.15) is 32.8 Å². The zero-order valence-electron chi connectivity index (χ0n) is 11.8. The van der Waals surface area contributed by atoms with Crippen molar-refractivity contribution in [2.24, 2.45) is 0 Å². The third-order valence-electron chi connectivity index (χ3n) is 3.37. The number of benzene rings is 1. The van der Waals surface area contributed by atoms with Crippen molar-refractivity contribution in [3.63, 3.8) is 0 Å². The molecule has 0 unspecified atom stereocenters. The number of hydrogen-bond donors (Lipinski definition) is 1. The minimum atomic E-state index is -0.578. The fourth-order valence-electron chi connectivity index (χ4n) is 2.02. The molecule has 0 saturated carbocycles. The Morgan fingerprint density at radius 1 is 1.26 bits per heavy atom. The number of nitrogens with one attached hydrogen (secondary N) is 1. The molecule has 104 valence electrons. The number of carbonyl (C=O) groups is 1. The summed E-state index contributed by atoms with van der Waals surface area (Å²) in [5.41, 5.74) is 0.357. The highest BCUT2D eigenvalue weighted by atomic mass is 16.6. The normalized spacial score (nSPS) is 14.1. The van der Waals surface area contributed by atoms with Gasteiger partial charge in [0.25, 0.3) is 0 Å². The molecule has 1 aliphatic rings. The largest absolute Gasteiger partial charge is 0.486 e. The Kier molecular flexibility index (Phi) is 3.98. The van der Waals surface area contributed by atoms with Crippen LogP contribution in [0.15, 0.2) is 18.2 Å². The molecule has 1 heterocycles. The Morgan fingerprint density at radius 3 is 2.63 bits per heavy atom. The topological polar surface area (TPSA) is 47.6 Å². The van der Waals surface area contributed by atoms with Crippen molar-refractivity contribution in [1.82, 2.24) is 5.32 Å². The molecule has 0 bridgehead atoms. The second kappa shape index (κ2) is 5.51. The van der Waals surface area contributed by atoms with Crippen LogP contribution < -0.4 is 14.8 Å². The molecular weight excluding hydrogens is 242 g/mol. The molecule has 0 atom stereocenters. The van der Waals surface area contributed by atoms with Crippen LogP contribution in [0.4, 0.5) is 0 Å². The van der Waals surface area contributed by atoms with Crippen molar-refractivity contribution in [1.29, 1.82) is 0 Å². The van der Waals surface area contributed by atoms with Crippen molar-refractivity contribution >= 4 is 5.91 Å². The van der Waals surface area contributed by atoms with Gasteiger partial charge in [-0.05, 0) is 38.0 Å². The molecule has 1 amide bonds. The first kappa shape index (κ1) is 13.7. The number of ether oxygens (including phenoxy) is 2. The average Bonchev–Trinajstić information content (AvgIpc) is 2.44. The molecule has 1 aromatic rings. The van der Waals surface area contributed by atoms with Crippen LogP contribution in [0.5, 0.6) is 11.5 Å². The number of rotatable bonds is 4. The van der Waals surface area contributed by atoms with E-state index in [9.17, 15) is 4.79 Å². The van der Waals surface area contributed by atoms with E-state index in [-0.39, 0.29) is 5.91 Å². The molecule has 0 saturated heterocycles. The highest BCUT2D eigenvalue weighted by Gasteiger charge is 2.30. The molecule has 1 aromatic carbocycles. The van der Waals surface area contributed by atoms with Crippen LogP contribution >= 0.6 is 0 Å². The number of amides is 1. The van der Waals surface area contributed by atoms with Crippen molar-refractivity contribution in [3.05, 3.63) is 23.8 Å². The highest BCUT2D eigenvalue weighted by molar-refractivity contribution is 5.87. The molecule has 4 heteroatoms. The maximum atomic E-state index is 12.2. The summed E-state index contributed by atoms with van der Waals surface area (Å²) in [5, 5.41) is 2.94. The molecule has 19 heavy (non-hydrogen) atoms. The minimum absolute atomic E-state index is 0.0334. The predicted molar refractivity (Wildman–Crippen MR) is 73.8 cm³/mol. The lowest BCUT2D eigenvalue weighted by molar-refractivity contribution is -0.125. The van der Waals surface area contributed by atoms with Crippen molar-refractivity contribution in [2.75, 3.05) is 19.8 Å². The average molecular weight is 263 g/mol. The van der Waals surface area contributed by atoms with Gasteiger partial charge in [0.05, 0.1) is 5.41 Å². The molecule has 0 spiro atoms. The molecule has 1 aliphatic heterocycles. The fraction of sp³-hybridized carbons (Fsp3) is 0.533. The lowest BCUT2D eigenvalue weighted by atomic mass is 9.83. The second-order valence-electron chi connectivity index (χ2n) is 5.24. The van der Waals surface area contributed by atoms with E-state index in [4.69, 9.17) is 9.47 Å². The van der Waals surface area contributed by atoms with Crippen LogP contribution in [0.3, 0.4) is 0 Å². The summed E-state index contributed by atoms with van der Waals surface area (Å²) in [6.45, 7) is 7.71. The van der Waals surface area contributed by atoms with Crippen LogP contribution in [0.25, 0.3) is 0 Å². The predicted octanol–water partition coefficient (Wildman–Crippen LogP) is 2.26. The minimum Gasteiger partial charge on any atom is -0.486 e. The number of hydrogen-bond acceptors (Lipinski definition) is 3. The monoisotopic (exact) mass is 263 g/mol. The first-order valence-corrected chi connectivity index (χ1v) is 6.74. The summed E-state index contributed by atoms with van der Waals surface area (Å²) in [6, 6.07) is 5.71. The molecule has 2 rings (SSSR count). The third kappa shape index (κ3) is 2.83. The maximum Gasteiger partial charge on any atom is 0.230 e. The van der Waals surface area contributed by atoms with Gasteiger partial charge in [-0.2, -0.15) is 0 Å². The fourth-order valence-corrected chi connectivity index (χ4v) is 2.02. The summed E-state index contributed by atoms with van der Waals surface area (Å²) >= 11 is 0. The third-order valence-corrected chi connectivity index (χ3v) is 3.37. The van der Waals surface area contributed by atoms with Crippen molar-refractivity contribution in [2.45, 2.75) is 32.6 Å². The van der Waals surface area contributed by atoms with Gasteiger partial charge in [0.1, 0.15) is 13.2 Å². The molecular formula is C15H21NO3. The van der Waals surface area contributed by atoms with Gasteiger partial charge in [-0.25, -0.2) is 0 Å². The SMILES string of the molecule is CCCNC(=O)C(C)(C)c1ccc2c(c1)OCCO2. The van der Waals surface area contributed by atoms with Crippen LogP contribution in [0, 0.1) is 0 Å². The van der Waals surface area contributed by atoms with E-state index in [0.29, 0.717) is 19.8 Å². The van der Waals surface area contributed by atoms with E-state index < -0.39 is 5.41 Å². The van der Waals surface area contributed by atoms with Crippen molar-refractivity contribution in [3.8, 4) is 11.5 Å². The molecule has 1 N–H and O–H groups in total. The quantitative estimate of drug-likeness (QED) is 0.906. The summed E-state index contributed by atoms with van der Waals surface area (Å²) < 4.78 is 11.1. The van der Waals surface area contributed by atoms with Gasteiger partial charge in [0.15, 0.2) is 11.5 Å². The first-order valence-electron chi connectivity index (χ1n) is 6.74. The van der Waals surface area contributed by atoms with E-state index >= 15 is 0 Å². The van der Waals surface area contributed by atoms with E-state index in [0.717, 1.165) is 23.5 Å². The maximum absolute atomic E-state index is 12.2. The Bertz CT molecular complexity index is 468. The first-order chi connectivity index (χ1) is 9.05. The molecule has 0 aromatic heterocycles. The van der Waals surface area contributed by atoms with Crippen LogP contribution in [-0.4, -0.2) is 25.7 Å². The van der Waals surface area contributed by atoms with E-state index in [1.807, 2.05) is 39.0 Å². The standard InChI is InChI=1S/C15H21NO3/c1-4-7-16-14(17)15(2,3)11-5-6-12-13(10-11)19-9-8-18-12/h5-6,10H,4,7-9H2,1-3H3,(H,16,17). The van der Waals surface area contributed by atoms with Crippen molar-refractivity contribution < 1.29 is 14.3 Å². The highest BCUT2D eigenvalue weighted by Crippen LogP contribution is 2.35. The summed E-state index contributed by atoms with van der Waals surface area (Å²) in [7, 11) is 0. The Hall–Kier alpha value is -1.71. The lowest BCUT2D eigenvalue weighted by Crippen LogP contribution is -2.40. The van der Waals surface area contributed by atoms with Crippen LogP contribution in [-0.2, 0) is 10.2 Å². The smallest absolute Gasteiger partial charge is 0.230 e. The number of fused-ring (bicyclic) bond motifs is 1. The Morgan fingerprint density at radius 2 is 1.95 bits per heavy atom. The second-order valence-corrected chi connectivity index (χ2v) is 5.24. The number of carbonyl (C=O) groups excluding carboxylic acids is 1. The summed E-state index contributed by atoms with van der Waals surface area (Å²) in [6.07, 6.45) is 0.933. The van der Waals surface area contributed by atoms with Gasteiger partial charge in [-0.1, -0.05) is 13.0 Å². The van der Waals surface area contributed by atoms with E-state index in [1.54, 1.807) is 0 Å². The zero-order chi connectivity index (χ0) is 13.9. The Labute approximate surface area is 114 Å². The van der Waals surface area contributed by atoms with Gasteiger partial charge in [0.2, 0.25) is 5.91 Å². The van der Waals surface area contributed by atoms with Gasteiger partial charge in [-0.15, -0.1) is 0 Å². The van der Waals surface area contributed by atoms with E-state index in [2.05, 4.69) is 5.32 Å². The van der Waals surface area contributed by atoms with Gasteiger partial charge in [0, 0.05) is 6.54 Å². The van der Waals surface area contributed by atoms with Gasteiger partial charge < -0.3 is 14.8 Å². The zero-order valence-corrected chi connectivity index (χ0v) is 11.8. The molecule has 0 aliphatic carbocycles. The summed E-state index contributed by atoms with van der Waals surface area (Å²) in [4.78, 5) is 12.2. The molecule has 0 radical (unpaired) electrons. The lowest BCUT2D eigenvalue weighted by Gasteiger charge is -2.26. The molecule has 4 nitrogen and oxygen atoms in total. The van der Waals surface area contributed by atoms with E-state index in [1.165, 1.54) is 0 Å². The van der Waals surface area contributed by atoms with Gasteiger partial charge >= 0.3 is 0 Å². The van der Waals surface area contributed by atoms with Gasteiger partial charge in [-0.3, -0.25) is 4.79 Å². The Balaban J connectivity index is 2.22. The molecule has 0 fully saturated rings.